The molecule has 1 unspecified atom stereocenters. The van der Waals surface area contributed by atoms with Crippen LogP contribution in [0, 0.1) is 5.92 Å². The molecule has 2 aliphatic rings. The third kappa shape index (κ3) is 4.68. The van der Waals surface area contributed by atoms with Gasteiger partial charge in [-0.05, 0) is 85.4 Å². The van der Waals surface area contributed by atoms with Crippen LogP contribution in [0.5, 0.6) is 5.75 Å². The minimum Gasteiger partial charge on any atom is -0.489 e. The van der Waals surface area contributed by atoms with Gasteiger partial charge in [0.1, 0.15) is 12.4 Å². The van der Waals surface area contributed by atoms with Gasteiger partial charge in [-0.15, -0.1) is 0 Å². The molecular formula is C30H34N2O2. The van der Waals surface area contributed by atoms with Gasteiger partial charge in [0, 0.05) is 5.69 Å². The van der Waals surface area contributed by atoms with Gasteiger partial charge in [0.15, 0.2) is 0 Å². The molecule has 1 aliphatic heterocycles. The lowest BCUT2D eigenvalue weighted by Gasteiger charge is -2.35. The number of anilines is 2. The second-order valence-electron chi connectivity index (χ2n) is 9.76. The van der Waals surface area contributed by atoms with Gasteiger partial charge in [-0.25, -0.2) is 4.79 Å². The van der Waals surface area contributed by atoms with Gasteiger partial charge in [0.25, 0.3) is 0 Å². The van der Waals surface area contributed by atoms with Crippen molar-refractivity contribution in [2.24, 2.45) is 5.92 Å². The molecule has 0 saturated heterocycles. The Morgan fingerprint density at radius 3 is 2.35 bits per heavy atom. The average molecular weight is 455 g/mol. The summed E-state index contributed by atoms with van der Waals surface area (Å²) in [6, 6.07) is 24.6. The highest BCUT2D eigenvalue weighted by Gasteiger charge is 2.30. The fourth-order valence-electron chi connectivity index (χ4n) is 5.40. The number of carbonyl (C=O) groups excluding carboxylic acids is 1. The summed E-state index contributed by atoms with van der Waals surface area (Å²) in [6.07, 6.45) is 6.65. The molecule has 3 aromatic rings. The van der Waals surface area contributed by atoms with Crippen LogP contribution >= 0.6 is 0 Å². The van der Waals surface area contributed by atoms with E-state index >= 15 is 0 Å². The second kappa shape index (κ2) is 9.92. The molecule has 34 heavy (non-hydrogen) atoms. The number of rotatable bonds is 4. The number of nitrogens with zero attached hydrogens (tertiary/aromatic N) is 1. The SMILES string of the molecule is CCC1CCC(c2ccc(-c3ccc4c(c3)OCC(C)N4C(=O)Nc3ccccc3)cc2)CC1. The highest BCUT2D eigenvalue weighted by molar-refractivity contribution is 6.03. The first-order chi connectivity index (χ1) is 16.6. The number of benzene rings is 3. The first-order valence-electron chi connectivity index (χ1n) is 12.6. The van der Waals surface area contributed by atoms with Crippen LogP contribution in [0.4, 0.5) is 16.2 Å². The molecule has 1 aliphatic carbocycles. The number of carbonyl (C=O) groups is 1. The minimum absolute atomic E-state index is 0.0517. The van der Waals surface area contributed by atoms with Gasteiger partial charge in [0.2, 0.25) is 0 Å². The molecule has 176 valence electrons. The molecule has 5 rings (SSSR count). The van der Waals surface area contributed by atoms with Crippen LogP contribution in [-0.2, 0) is 0 Å². The van der Waals surface area contributed by atoms with Gasteiger partial charge >= 0.3 is 6.03 Å². The molecular weight excluding hydrogens is 420 g/mol. The maximum atomic E-state index is 13.1. The molecule has 0 radical (unpaired) electrons. The molecule has 4 heteroatoms. The lowest BCUT2D eigenvalue weighted by Crippen LogP contribution is -2.47. The predicted molar refractivity (Wildman–Crippen MR) is 140 cm³/mol. The van der Waals surface area contributed by atoms with Crippen molar-refractivity contribution < 1.29 is 9.53 Å². The van der Waals surface area contributed by atoms with Crippen molar-refractivity contribution in [1.82, 2.24) is 0 Å². The van der Waals surface area contributed by atoms with E-state index in [0.29, 0.717) is 12.5 Å². The molecule has 0 bridgehead atoms. The number of hydrogen-bond donors (Lipinski definition) is 1. The summed E-state index contributed by atoms with van der Waals surface area (Å²) in [6.45, 7) is 4.80. The summed E-state index contributed by atoms with van der Waals surface area (Å²) in [5.41, 5.74) is 5.34. The zero-order chi connectivity index (χ0) is 23.5. The van der Waals surface area contributed by atoms with Crippen LogP contribution in [-0.4, -0.2) is 18.7 Å². The van der Waals surface area contributed by atoms with Crippen molar-refractivity contribution in [2.75, 3.05) is 16.8 Å². The molecule has 1 saturated carbocycles. The zero-order valence-electron chi connectivity index (χ0n) is 20.2. The van der Waals surface area contributed by atoms with Crippen molar-refractivity contribution in [3.05, 3.63) is 78.4 Å². The van der Waals surface area contributed by atoms with Crippen LogP contribution in [0.2, 0.25) is 0 Å². The van der Waals surface area contributed by atoms with Gasteiger partial charge in [-0.2, -0.15) is 0 Å². The number of amides is 2. The third-order valence-electron chi connectivity index (χ3n) is 7.52. The quantitative estimate of drug-likeness (QED) is 0.436. The van der Waals surface area contributed by atoms with E-state index in [1.54, 1.807) is 4.90 Å². The van der Waals surface area contributed by atoms with E-state index in [2.05, 4.69) is 48.6 Å². The van der Waals surface area contributed by atoms with Crippen LogP contribution < -0.4 is 15.0 Å². The van der Waals surface area contributed by atoms with E-state index in [1.165, 1.54) is 43.2 Å². The lowest BCUT2D eigenvalue weighted by atomic mass is 9.77. The van der Waals surface area contributed by atoms with Crippen molar-refractivity contribution in [3.63, 3.8) is 0 Å². The van der Waals surface area contributed by atoms with Crippen molar-refractivity contribution in [2.45, 2.75) is 57.9 Å². The van der Waals surface area contributed by atoms with Crippen LogP contribution in [0.25, 0.3) is 11.1 Å². The summed E-state index contributed by atoms with van der Waals surface area (Å²) in [5.74, 6) is 2.37. The van der Waals surface area contributed by atoms with E-state index in [9.17, 15) is 4.79 Å². The molecule has 3 aromatic carbocycles. The Morgan fingerprint density at radius 2 is 1.65 bits per heavy atom. The molecule has 0 aromatic heterocycles. The van der Waals surface area contributed by atoms with E-state index in [1.807, 2.05) is 43.3 Å². The van der Waals surface area contributed by atoms with Crippen LogP contribution in [0.15, 0.2) is 72.8 Å². The number of fused-ring (bicyclic) bond motifs is 1. The summed E-state index contributed by atoms with van der Waals surface area (Å²) in [5, 5.41) is 3.00. The smallest absolute Gasteiger partial charge is 0.326 e. The molecule has 1 atom stereocenters. The Bertz CT molecular complexity index is 1120. The topological polar surface area (TPSA) is 41.6 Å². The van der Waals surface area contributed by atoms with E-state index < -0.39 is 0 Å². The molecule has 1 fully saturated rings. The average Bonchev–Trinajstić information content (AvgIpc) is 2.89. The maximum absolute atomic E-state index is 13.1. The van der Waals surface area contributed by atoms with Crippen LogP contribution in [0.1, 0.15) is 57.4 Å². The van der Waals surface area contributed by atoms with Gasteiger partial charge in [-0.3, -0.25) is 4.90 Å². The highest BCUT2D eigenvalue weighted by Crippen LogP contribution is 2.40. The molecule has 1 heterocycles. The molecule has 4 nitrogen and oxygen atoms in total. The summed E-state index contributed by atoms with van der Waals surface area (Å²) in [4.78, 5) is 14.9. The number of para-hydroxylation sites is 1. The Balaban J connectivity index is 1.33. The van der Waals surface area contributed by atoms with Crippen LogP contribution in [0.3, 0.4) is 0 Å². The Hall–Kier alpha value is -3.27. The lowest BCUT2D eigenvalue weighted by molar-refractivity contribution is 0.239. The number of hydrogen-bond acceptors (Lipinski definition) is 2. The highest BCUT2D eigenvalue weighted by atomic mass is 16.5. The van der Waals surface area contributed by atoms with E-state index in [-0.39, 0.29) is 12.1 Å². The first-order valence-corrected chi connectivity index (χ1v) is 12.6. The van der Waals surface area contributed by atoms with Crippen molar-refractivity contribution in [3.8, 4) is 16.9 Å². The number of nitrogens with one attached hydrogen (secondary N) is 1. The Labute approximate surface area is 202 Å². The first kappa shape index (κ1) is 22.5. The Morgan fingerprint density at radius 1 is 0.941 bits per heavy atom. The maximum Gasteiger partial charge on any atom is 0.326 e. The largest absolute Gasteiger partial charge is 0.489 e. The standard InChI is InChI=1S/C30H34N2O2/c1-3-22-9-11-23(12-10-22)24-13-15-25(16-14-24)26-17-18-28-29(19-26)34-20-21(2)32(28)30(33)31-27-7-5-4-6-8-27/h4-8,13-19,21-23H,3,9-12,20H2,1-2H3,(H,31,33). The van der Waals surface area contributed by atoms with Gasteiger partial charge in [0.05, 0.1) is 11.7 Å². The van der Waals surface area contributed by atoms with E-state index in [4.69, 9.17) is 4.74 Å². The van der Waals surface area contributed by atoms with Crippen molar-refractivity contribution >= 4 is 17.4 Å². The fraction of sp³-hybridized carbons (Fsp3) is 0.367. The normalized spacial score (nSPS) is 21.9. The van der Waals surface area contributed by atoms with E-state index in [0.717, 1.165) is 28.6 Å². The fourth-order valence-corrected chi connectivity index (χ4v) is 5.40. The molecule has 2 amide bonds. The number of ether oxygens (including phenoxy) is 1. The summed E-state index contributed by atoms with van der Waals surface area (Å²) < 4.78 is 6.05. The minimum atomic E-state index is -0.141. The van der Waals surface area contributed by atoms with Crippen molar-refractivity contribution in [1.29, 1.82) is 0 Å². The molecule has 0 spiro atoms. The van der Waals surface area contributed by atoms with Gasteiger partial charge in [-0.1, -0.05) is 61.9 Å². The third-order valence-corrected chi connectivity index (χ3v) is 7.52. The summed E-state index contributed by atoms with van der Waals surface area (Å²) >= 11 is 0. The molecule has 1 N–H and O–H groups in total. The van der Waals surface area contributed by atoms with Gasteiger partial charge < -0.3 is 10.1 Å². The zero-order valence-corrected chi connectivity index (χ0v) is 20.2. The predicted octanol–water partition coefficient (Wildman–Crippen LogP) is 7.86. The summed E-state index contributed by atoms with van der Waals surface area (Å²) in [7, 11) is 0. The number of urea groups is 1. The second-order valence-corrected chi connectivity index (χ2v) is 9.76. The Kier molecular flexibility index (Phi) is 6.57. The monoisotopic (exact) mass is 454 g/mol.